The minimum Gasteiger partial charge on any atom is -0.350 e. The lowest BCUT2D eigenvalue weighted by atomic mass is 10.0. The third-order valence-electron chi connectivity index (χ3n) is 4.11. The zero-order chi connectivity index (χ0) is 21.7. The fourth-order valence-corrected chi connectivity index (χ4v) is 3.17. The van der Waals surface area contributed by atoms with Crippen molar-refractivity contribution < 1.29 is 14.5 Å². The smallest absolute Gasteiger partial charge is 0.288 e. The van der Waals surface area contributed by atoms with E-state index < -0.39 is 22.8 Å². The summed E-state index contributed by atoms with van der Waals surface area (Å²) >= 11 is 17.7. The normalized spacial score (nSPS) is 11.8. The van der Waals surface area contributed by atoms with Crippen LogP contribution in [-0.2, 0) is 11.3 Å². The predicted molar refractivity (Wildman–Crippen MR) is 113 cm³/mol. The second kappa shape index (κ2) is 9.91. The first-order valence-corrected chi connectivity index (χ1v) is 9.70. The molecule has 29 heavy (non-hydrogen) atoms. The van der Waals surface area contributed by atoms with E-state index in [-0.39, 0.29) is 28.7 Å². The van der Waals surface area contributed by atoms with Gasteiger partial charge in [-0.25, -0.2) is 0 Å². The summed E-state index contributed by atoms with van der Waals surface area (Å²) in [7, 11) is 0. The molecule has 0 aliphatic rings. The fraction of sp³-hybridized carbons (Fsp3) is 0.263. The van der Waals surface area contributed by atoms with Crippen molar-refractivity contribution in [3.63, 3.8) is 0 Å². The quantitative estimate of drug-likeness (QED) is 0.466. The molecule has 0 spiro atoms. The molecule has 2 N–H and O–H groups in total. The van der Waals surface area contributed by atoms with Gasteiger partial charge in [-0.2, -0.15) is 0 Å². The molecule has 0 unspecified atom stereocenters. The van der Waals surface area contributed by atoms with Crippen LogP contribution in [0.15, 0.2) is 36.4 Å². The maximum atomic E-state index is 12.6. The topological polar surface area (TPSA) is 101 Å². The number of rotatable bonds is 7. The van der Waals surface area contributed by atoms with Gasteiger partial charge >= 0.3 is 0 Å². The highest BCUT2D eigenvalue weighted by atomic mass is 35.5. The Bertz CT molecular complexity index is 950. The molecule has 0 saturated heterocycles. The molecule has 2 aromatic rings. The SMILES string of the molecule is CC(C)[C@H](NC(=O)c1ccc(Cl)c([N+](=O)[O-])c1)C(=O)NCc1ccc(Cl)cc1Cl. The zero-order valence-electron chi connectivity index (χ0n) is 15.5. The number of carbonyl (C=O) groups is 2. The van der Waals surface area contributed by atoms with Gasteiger partial charge in [-0.1, -0.05) is 54.7 Å². The van der Waals surface area contributed by atoms with Gasteiger partial charge in [0.2, 0.25) is 5.91 Å². The Morgan fingerprint density at radius 3 is 2.34 bits per heavy atom. The minimum absolute atomic E-state index is 0.0281. The molecule has 2 aromatic carbocycles. The van der Waals surface area contributed by atoms with Gasteiger partial charge in [-0.05, 0) is 35.7 Å². The van der Waals surface area contributed by atoms with E-state index in [2.05, 4.69) is 10.6 Å². The highest BCUT2D eigenvalue weighted by Gasteiger charge is 2.26. The average molecular weight is 459 g/mol. The van der Waals surface area contributed by atoms with Crippen LogP contribution < -0.4 is 10.6 Å². The van der Waals surface area contributed by atoms with Crippen LogP contribution in [0.5, 0.6) is 0 Å². The number of nitrogens with one attached hydrogen (secondary N) is 2. The number of benzene rings is 2. The van der Waals surface area contributed by atoms with Crippen LogP contribution in [0.2, 0.25) is 15.1 Å². The minimum atomic E-state index is -0.858. The van der Waals surface area contributed by atoms with Crippen molar-refractivity contribution in [1.82, 2.24) is 10.6 Å². The van der Waals surface area contributed by atoms with E-state index in [0.717, 1.165) is 6.07 Å². The lowest BCUT2D eigenvalue weighted by molar-refractivity contribution is -0.384. The average Bonchev–Trinajstić information content (AvgIpc) is 2.64. The van der Waals surface area contributed by atoms with E-state index in [1.807, 2.05) is 0 Å². The summed E-state index contributed by atoms with van der Waals surface area (Å²) in [5, 5.41) is 17.2. The molecule has 0 heterocycles. The first kappa shape index (κ1) is 22.9. The second-order valence-electron chi connectivity index (χ2n) is 6.57. The van der Waals surface area contributed by atoms with Crippen molar-refractivity contribution in [2.75, 3.05) is 0 Å². The number of nitro benzene ring substituents is 1. The number of carbonyl (C=O) groups excluding carboxylic acids is 2. The lowest BCUT2D eigenvalue weighted by Gasteiger charge is -2.22. The molecule has 0 fully saturated rings. The molecular formula is C19H18Cl3N3O4. The maximum Gasteiger partial charge on any atom is 0.288 e. The summed E-state index contributed by atoms with van der Waals surface area (Å²) in [5.41, 5.74) is 0.314. The largest absolute Gasteiger partial charge is 0.350 e. The number of nitro groups is 1. The number of halogens is 3. The molecule has 0 saturated carbocycles. The van der Waals surface area contributed by atoms with Gasteiger partial charge in [0.15, 0.2) is 0 Å². The summed E-state index contributed by atoms with van der Waals surface area (Å²) < 4.78 is 0. The molecule has 0 aliphatic heterocycles. The first-order valence-electron chi connectivity index (χ1n) is 8.56. The Labute approximate surface area is 182 Å². The highest BCUT2D eigenvalue weighted by molar-refractivity contribution is 6.35. The Kier molecular flexibility index (Phi) is 7.84. The van der Waals surface area contributed by atoms with Crippen molar-refractivity contribution in [2.24, 2.45) is 5.92 Å². The molecule has 0 aromatic heterocycles. The molecule has 7 nitrogen and oxygen atoms in total. The van der Waals surface area contributed by atoms with Gasteiger partial charge in [0.1, 0.15) is 11.1 Å². The van der Waals surface area contributed by atoms with Crippen molar-refractivity contribution in [3.8, 4) is 0 Å². The van der Waals surface area contributed by atoms with Crippen LogP contribution in [0.1, 0.15) is 29.8 Å². The Morgan fingerprint density at radius 1 is 1.07 bits per heavy atom. The van der Waals surface area contributed by atoms with Crippen LogP contribution in [0.25, 0.3) is 0 Å². The molecule has 0 bridgehead atoms. The molecule has 2 rings (SSSR count). The fourth-order valence-electron chi connectivity index (χ4n) is 2.51. The first-order chi connectivity index (χ1) is 13.6. The van der Waals surface area contributed by atoms with E-state index in [1.54, 1.807) is 32.0 Å². The van der Waals surface area contributed by atoms with Crippen LogP contribution in [0.4, 0.5) is 5.69 Å². The van der Waals surface area contributed by atoms with Gasteiger partial charge in [0.05, 0.1) is 4.92 Å². The monoisotopic (exact) mass is 457 g/mol. The Balaban J connectivity index is 2.10. The molecule has 1 atom stereocenters. The number of amides is 2. The second-order valence-corrected chi connectivity index (χ2v) is 7.82. The van der Waals surface area contributed by atoms with Gasteiger partial charge in [0.25, 0.3) is 11.6 Å². The van der Waals surface area contributed by atoms with Crippen molar-refractivity contribution in [1.29, 1.82) is 0 Å². The lowest BCUT2D eigenvalue weighted by Crippen LogP contribution is -2.49. The third kappa shape index (κ3) is 6.06. The van der Waals surface area contributed by atoms with E-state index in [9.17, 15) is 19.7 Å². The molecule has 10 heteroatoms. The molecule has 154 valence electrons. The predicted octanol–water partition coefficient (Wildman–Crippen LogP) is 4.63. The summed E-state index contributed by atoms with van der Waals surface area (Å²) in [6.07, 6.45) is 0. The summed E-state index contributed by atoms with van der Waals surface area (Å²) in [5.74, 6) is -1.27. The summed E-state index contributed by atoms with van der Waals surface area (Å²) in [6, 6.07) is 7.75. The van der Waals surface area contributed by atoms with E-state index >= 15 is 0 Å². The van der Waals surface area contributed by atoms with Crippen LogP contribution in [-0.4, -0.2) is 22.8 Å². The zero-order valence-corrected chi connectivity index (χ0v) is 17.8. The van der Waals surface area contributed by atoms with E-state index in [4.69, 9.17) is 34.8 Å². The van der Waals surface area contributed by atoms with Gasteiger partial charge in [-0.3, -0.25) is 19.7 Å². The Hall–Kier alpha value is -2.35. The standard InChI is InChI=1S/C19H18Cl3N3O4/c1-10(2)17(19(27)23-9-12-3-5-13(20)8-15(12)22)24-18(26)11-4-6-14(21)16(7-11)25(28)29/h3-8,10,17H,9H2,1-2H3,(H,23,27)(H,24,26)/t17-/m0/s1. The molecule has 0 radical (unpaired) electrons. The number of hydrogen-bond donors (Lipinski definition) is 2. The van der Waals surface area contributed by atoms with Crippen LogP contribution >= 0.6 is 34.8 Å². The van der Waals surface area contributed by atoms with Crippen molar-refractivity contribution in [2.45, 2.75) is 26.4 Å². The number of hydrogen-bond acceptors (Lipinski definition) is 4. The van der Waals surface area contributed by atoms with Gasteiger partial charge < -0.3 is 10.6 Å². The van der Waals surface area contributed by atoms with Crippen molar-refractivity contribution in [3.05, 3.63) is 72.7 Å². The summed E-state index contributed by atoms with van der Waals surface area (Å²) in [6.45, 7) is 3.69. The van der Waals surface area contributed by atoms with Gasteiger partial charge in [0, 0.05) is 28.2 Å². The van der Waals surface area contributed by atoms with E-state index in [1.165, 1.54) is 12.1 Å². The van der Waals surface area contributed by atoms with E-state index in [0.29, 0.717) is 15.6 Å². The van der Waals surface area contributed by atoms with Crippen LogP contribution in [0.3, 0.4) is 0 Å². The maximum absolute atomic E-state index is 12.6. The molecule has 0 aliphatic carbocycles. The van der Waals surface area contributed by atoms with Crippen LogP contribution in [0, 0.1) is 16.0 Å². The number of nitrogens with zero attached hydrogens (tertiary/aromatic N) is 1. The molecular weight excluding hydrogens is 441 g/mol. The third-order valence-corrected chi connectivity index (χ3v) is 5.02. The summed E-state index contributed by atoms with van der Waals surface area (Å²) in [4.78, 5) is 35.5. The highest BCUT2D eigenvalue weighted by Crippen LogP contribution is 2.25. The van der Waals surface area contributed by atoms with Gasteiger partial charge in [-0.15, -0.1) is 0 Å². The Morgan fingerprint density at radius 2 is 1.76 bits per heavy atom. The van der Waals surface area contributed by atoms with Crippen molar-refractivity contribution >= 4 is 52.3 Å². The molecule has 2 amide bonds.